The number of halogens is 1. The normalized spacial score (nSPS) is 22.8. The minimum absolute atomic E-state index is 0.136. The van der Waals surface area contributed by atoms with Crippen LogP contribution in [-0.4, -0.2) is 46.6 Å². The molecule has 10 heteroatoms. The Balaban J connectivity index is 1.40. The lowest BCUT2D eigenvalue weighted by Gasteiger charge is -2.28. The summed E-state index contributed by atoms with van der Waals surface area (Å²) < 4.78 is 34.7. The van der Waals surface area contributed by atoms with Gasteiger partial charge >= 0.3 is 0 Å². The van der Waals surface area contributed by atoms with Gasteiger partial charge in [0.15, 0.2) is 0 Å². The summed E-state index contributed by atoms with van der Waals surface area (Å²) in [5.41, 5.74) is 1.95. The van der Waals surface area contributed by atoms with E-state index >= 15 is 0 Å². The molecule has 5 rings (SSSR count). The van der Waals surface area contributed by atoms with E-state index < -0.39 is 10.0 Å². The van der Waals surface area contributed by atoms with Gasteiger partial charge < -0.3 is 4.74 Å². The first-order valence-corrected chi connectivity index (χ1v) is 13.4. The highest BCUT2D eigenvalue weighted by molar-refractivity contribution is 7.88. The van der Waals surface area contributed by atoms with Crippen LogP contribution in [0, 0.1) is 0 Å². The van der Waals surface area contributed by atoms with E-state index in [9.17, 15) is 8.42 Å². The Morgan fingerprint density at radius 3 is 2.64 bits per heavy atom. The van der Waals surface area contributed by atoms with Gasteiger partial charge in [-0.1, -0.05) is 17.7 Å². The maximum absolute atomic E-state index is 11.9. The average Bonchev–Trinajstić information content (AvgIpc) is 3.11. The summed E-state index contributed by atoms with van der Waals surface area (Å²) in [6.07, 6.45) is 7.75. The predicted molar refractivity (Wildman–Crippen MR) is 125 cm³/mol. The van der Waals surface area contributed by atoms with Crippen molar-refractivity contribution in [1.29, 1.82) is 0 Å². The second-order valence-corrected chi connectivity index (χ2v) is 11.1. The molecule has 1 unspecified atom stereocenters. The summed E-state index contributed by atoms with van der Waals surface area (Å²) >= 11 is 6.28. The molecule has 33 heavy (non-hydrogen) atoms. The molecule has 0 amide bonds. The Kier molecular flexibility index (Phi) is 6.11. The Bertz CT molecular complexity index is 1240. The van der Waals surface area contributed by atoms with E-state index in [0.717, 1.165) is 48.6 Å². The van der Waals surface area contributed by atoms with Gasteiger partial charge in [-0.3, -0.25) is 4.57 Å². The third kappa shape index (κ3) is 5.05. The van der Waals surface area contributed by atoms with E-state index in [1.165, 1.54) is 6.26 Å². The number of benzene rings is 1. The van der Waals surface area contributed by atoms with E-state index in [1.54, 1.807) is 6.20 Å². The molecule has 1 N–H and O–H groups in total. The number of hydrogen-bond donors (Lipinski definition) is 1. The van der Waals surface area contributed by atoms with Crippen molar-refractivity contribution in [3.63, 3.8) is 0 Å². The van der Waals surface area contributed by atoms with E-state index in [4.69, 9.17) is 16.3 Å². The number of fused-ring (bicyclic) bond motifs is 3. The van der Waals surface area contributed by atoms with E-state index in [2.05, 4.69) is 24.5 Å². The Hall–Kier alpha value is -2.49. The maximum atomic E-state index is 11.9. The Morgan fingerprint density at radius 2 is 1.91 bits per heavy atom. The van der Waals surface area contributed by atoms with Gasteiger partial charge in [0, 0.05) is 35.7 Å². The minimum Gasteiger partial charge on any atom is -0.474 e. The zero-order chi connectivity index (χ0) is 23.0. The molecule has 1 saturated carbocycles. The molecule has 2 aromatic heterocycles. The fourth-order valence-electron chi connectivity index (χ4n) is 4.90. The summed E-state index contributed by atoms with van der Waals surface area (Å²) in [6.45, 7) is 0. The molecule has 2 aliphatic rings. The molecular formula is C23H26ClN5O3S. The summed E-state index contributed by atoms with van der Waals surface area (Å²) in [7, 11) is -3.36. The minimum atomic E-state index is -3.36. The third-order valence-corrected chi connectivity index (χ3v) is 7.27. The van der Waals surface area contributed by atoms with Crippen LogP contribution in [0.15, 0.2) is 42.6 Å². The lowest BCUT2D eigenvalue weighted by atomic mass is 9.86. The first kappa shape index (κ1) is 22.3. The molecule has 0 radical (unpaired) electrons. The molecule has 1 aliphatic carbocycles. The molecule has 1 aliphatic heterocycles. The van der Waals surface area contributed by atoms with Crippen LogP contribution < -0.4 is 9.46 Å². The molecule has 8 nitrogen and oxygen atoms in total. The number of aromatic nitrogens is 4. The fourth-order valence-corrected chi connectivity index (χ4v) is 5.86. The first-order chi connectivity index (χ1) is 15.9. The van der Waals surface area contributed by atoms with Gasteiger partial charge in [-0.25, -0.2) is 18.1 Å². The number of nitrogens with zero attached hydrogens (tertiary/aromatic N) is 4. The Labute approximate surface area is 198 Å². The van der Waals surface area contributed by atoms with E-state index in [-0.39, 0.29) is 18.1 Å². The molecule has 174 valence electrons. The van der Waals surface area contributed by atoms with Crippen molar-refractivity contribution < 1.29 is 13.2 Å². The third-order valence-electron chi connectivity index (χ3n) is 6.28. The summed E-state index contributed by atoms with van der Waals surface area (Å²) in [5.74, 6) is 2.59. The summed E-state index contributed by atoms with van der Waals surface area (Å²) in [5, 5.41) is 9.68. The highest BCUT2D eigenvalue weighted by Crippen LogP contribution is 2.37. The molecule has 1 fully saturated rings. The summed E-state index contributed by atoms with van der Waals surface area (Å²) in [4.78, 5) is 4.27. The second kappa shape index (κ2) is 9.04. The molecule has 1 atom stereocenters. The van der Waals surface area contributed by atoms with Crippen molar-refractivity contribution in [2.75, 3.05) is 6.26 Å². The van der Waals surface area contributed by atoms with Gasteiger partial charge in [0.25, 0.3) is 0 Å². The number of rotatable bonds is 5. The monoisotopic (exact) mass is 487 g/mol. The molecule has 1 aromatic carbocycles. The molecule has 0 spiro atoms. The quantitative estimate of drug-likeness (QED) is 0.592. The van der Waals surface area contributed by atoms with Gasteiger partial charge in [-0.15, -0.1) is 10.2 Å². The fraction of sp³-hybridized carbons (Fsp3) is 0.435. The zero-order valence-electron chi connectivity index (χ0n) is 18.3. The van der Waals surface area contributed by atoms with Crippen LogP contribution in [-0.2, 0) is 22.9 Å². The Morgan fingerprint density at radius 1 is 1.09 bits per heavy atom. The standard InChI is InChI=1S/C23H26ClN5O3S/c1-33(30,31)28-18-13-16-12-17(24)7-10-20(16)29-21(14-18)26-27-23(29)15-5-8-19(9-6-15)32-22-4-2-3-11-25-22/h2-4,7,10-12,15,18-19,28H,5-6,8-9,13-14H2,1H3. The van der Waals surface area contributed by atoms with Crippen LogP contribution >= 0.6 is 11.6 Å². The molecule has 3 aromatic rings. The molecular weight excluding hydrogens is 462 g/mol. The maximum Gasteiger partial charge on any atom is 0.213 e. The lowest BCUT2D eigenvalue weighted by Crippen LogP contribution is -2.37. The number of sulfonamides is 1. The SMILES string of the molecule is CS(=O)(=O)NC1Cc2cc(Cl)ccc2-n2c(nnc2C2CCC(Oc3ccccn3)CC2)C1. The molecule has 0 bridgehead atoms. The highest BCUT2D eigenvalue weighted by atomic mass is 35.5. The largest absolute Gasteiger partial charge is 0.474 e. The van der Waals surface area contributed by atoms with Gasteiger partial charge in [-0.05, 0) is 61.9 Å². The highest BCUT2D eigenvalue weighted by Gasteiger charge is 2.32. The van der Waals surface area contributed by atoms with Gasteiger partial charge in [0.05, 0.1) is 11.9 Å². The van der Waals surface area contributed by atoms with Crippen molar-refractivity contribution in [2.45, 2.75) is 56.6 Å². The van der Waals surface area contributed by atoms with Gasteiger partial charge in [0.1, 0.15) is 17.8 Å². The van der Waals surface area contributed by atoms with Gasteiger partial charge in [0.2, 0.25) is 15.9 Å². The van der Waals surface area contributed by atoms with Crippen molar-refractivity contribution in [3.8, 4) is 11.6 Å². The van der Waals surface area contributed by atoms with Gasteiger partial charge in [-0.2, -0.15) is 0 Å². The van der Waals surface area contributed by atoms with E-state index in [1.807, 2.05) is 36.4 Å². The zero-order valence-corrected chi connectivity index (χ0v) is 19.9. The first-order valence-electron chi connectivity index (χ1n) is 11.1. The number of nitrogens with one attached hydrogen (secondary N) is 1. The topological polar surface area (TPSA) is 99.0 Å². The van der Waals surface area contributed by atoms with Crippen molar-refractivity contribution in [2.24, 2.45) is 0 Å². The van der Waals surface area contributed by atoms with Crippen LogP contribution in [0.25, 0.3) is 5.69 Å². The molecule has 3 heterocycles. The average molecular weight is 488 g/mol. The smallest absolute Gasteiger partial charge is 0.213 e. The van der Waals surface area contributed by atoms with Crippen LogP contribution in [0.4, 0.5) is 0 Å². The lowest BCUT2D eigenvalue weighted by molar-refractivity contribution is 0.139. The van der Waals surface area contributed by atoms with Crippen LogP contribution in [0.5, 0.6) is 5.88 Å². The number of ether oxygens (including phenoxy) is 1. The molecule has 0 saturated heterocycles. The van der Waals surface area contributed by atoms with E-state index in [0.29, 0.717) is 23.7 Å². The van der Waals surface area contributed by atoms with Crippen LogP contribution in [0.1, 0.15) is 48.8 Å². The number of pyridine rings is 1. The second-order valence-electron chi connectivity index (χ2n) is 8.84. The predicted octanol–water partition coefficient (Wildman–Crippen LogP) is 3.44. The van der Waals surface area contributed by atoms with Crippen LogP contribution in [0.2, 0.25) is 5.02 Å². The van der Waals surface area contributed by atoms with Crippen molar-refractivity contribution in [3.05, 3.63) is 64.8 Å². The summed E-state index contributed by atoms with van der Waals surface area (Å²) in [6, 6.07) is 11.1. The van der Waals surface area contributed by atoms with Crippen molar-refractivity contribution in [1.82, 2.24) is 24.5 Å². The van der Waals surface area contributed by atoms with Crippen molar-refractivity contribution >= 4 is 21.6 Å². The van der Waals surface area contributed by atoms with Crippen LogP contribution in [0.3, 0.4) is 0 Å². The number of hydrogen-bond acceptors (Lipinski definition) is 6.